The summed E-state index contributed by atoms with van der Waals surface area (Å²) in [6.07, 6.45) is 3.80. The van der Waals surface area contributed by atoms with Gasteiger partial charge in [0.2, 0.25) is 0 Å². The number of phenols is 1. The number of phenolic OH excluding ortho intramolecular Hbond substituents is 1. The molecule has 0 radical (unpaired) electrons. The molecule has 1 N–H and O–H groups in total. The maximum atomic E-state index is 9.33. The van der Waals surface area contributed by atoms with Crippen molar-refractivity contribution < 1.29 is 5.11 Å². The number of aryl methyl sites for hydroxylation is 1. The van der Waals surface area contributed by atoms with Crippen LogP contribution in [0.2, 0.25) is 0 Å². The highest BCUT2D eigenvalue weighted by atomic mass is 16.3. The molecule has 3 aromatic rings. The zero-order valence-corrected chi connectivity index (χ0v) is 11.3. The summed E-state index contributed by atoms with van der Waals surface area (Å²) in [5, 5.41) is 9.33. The van der Waals surface area contributed by atoms with Crippen molar-refractivity contribution in [1.29, 1.82) is 0 Å². The van der Waals surface area contributed by atoms with Crippen molar-refractivity contribution >= 4 is 0 Å². The average molecular weight is 264 g/mol. The molecule has 3 nitrogen and oxygen atoms in total. The van der Waals surface area contributed by atoms with Gasteiger partial charge in [0.25, 0.3) is 0 Å². The first-order valence-corrected chi connectivity index (χ1v) is 6.59. The second-order valence-corrected chi connectivity index (χ2v) is 4.86. The van der Waals surface area contributed by atoms with E-state index in [1.54, 1.807) is 12.1 Å². The first-order chi connectivity index (χ1) is 9.74. The number of nitrogens with zero attached hydrogens (tertiary/aromatic N) is 2. The lowest BCUT2D eigenvalue weighted by Crippen LogP contribution is -2.01. The van der Waals surface area contributed by atoms with Crippen LogP contribution < -0.4 is 0 Å². The van der Waals surface area contributed by atoms with Crippen LogP contribution >= 0.6 is 0 Å². The fraction of sp³-hybridized carbons (Fsp3) is 0.118. The lowest BCUT2D eigenvalue weighted by Gasteiger charge is -2.10. The molecular formula is C17H16N2O. The van der Waals surface area contributed by atoms with Gasteiger partial charge in [0.05, 0.1) is 0 Å². The first-order valence-electron chi connectivity index (χ1n) is 6.59. The second kappa shape index (κ2) is 5.21. The molecule has 0 aliphatic carbocycles. The minimum absolute atomic E-state index is 0.290. The second-order valence-electron chi connectivity index (χ2n) is 4.86. The van der Waals surface area contributed by atoms with Gasteiger partial charge in [-0.3, -0.25) is 0 Å². The molecule has 1 heterocycles. The van der Waals surface area contributed by atoms with Crippen molar-refractivity contribution in [3.63, 3.8) is 0 Å². The fourth-order valence-electron chi connectivity index (χ4n) is 2.30. The Morgan fingerprint density at radius 1 is 1.05 bits per heavy atom. The Morgan fingerprint density at radius 2 is 1.80 bits per heavy atom. The van der Waals surface area contributed by atoms with Crippen LogP contribution in [-0.2, 0) is 6.54 Å². The molecule has 0 aliphatic rings. The van der Waals surface area contributed by atoms with Gasteiger partial charge in [0.15, 0.2) is 0 Å². The van der Waals surface area contributed by atoms with E-state index in [1.165, 1.54) is 5.56 Å². The Morgan fingerprint density at radius 3 is 2.55 bits per heavy atom. The van der Waals surface area contributed by atoms with Crippen molar-refractivity contribution in [2.24, 2.45) is 0 Å². The number of aromatic hydroxyl groups is 1. The molecule has 0 saturated heterocycles. The molecule has 20 heavy (non-hydrogen) atoms. The molecule has 1 aromatic heterocycles. The Kier molecular flexibility index (Phi) is 3.25. The van der Waals surface area contributed by atoms with Gasteiger partial charge < -0.3 is 9.67 Å². The topological polar surface area (TPSA) is 38.0 Å². The largest absolute Gasteiger partial charge is 0.508 e. The molecule has 100 valence electrons. The highest BCUT2D eigenvalue weighted by Gasteiger charge is 2.08. The van der Waals surface area contributed by atoms with E-state index in [9.17, 15) is 5.11 Å². The molecule has 3 rings (SSSR count). The molecule has 0 atom stereocenters. The van der Waals surface area contributed by atoms with Crippen molar-refractivity contribution in [3.05, 3.63) is 72.1 Å². The third-order valence-corrected chi connectivity index (χ3v) is 3.39. The normalized spacial score (nSPS) is 10.7. The van der Waals surface area contributed by atoms with Gasteiger partial charge in [-0.05, 0) is 30.2 Å². The zero-order chi connectivity index (χ0) is 13.9. The van der Waals surface area contributed by atoms with Crippen molar-refractivity contribution in [2.45, 2.75) is 13.5 Å². The lowest BCUT2D eigenvalue weighted by molar-refractivity contribution is 0.475. The monoisotopic (exact) mass is 264 g/mol. The van der Waals surface area contributed by atoms with Crippen LogP contribution in [-0.4, -0.2) is 14.7 Å². The maximum Gasteiger partial charge on any atom is 0.140 e. The van der Waals surface area contributed by atoms with Gasteiger partial charge in [0.1, 0.15) is 11.6 Å². The van der Waals surface area contributed by atoms with Gasteiger partial charge >= 0.3 is 0 Å². The standard InChI is InChI=1S/C17H16N2O/c1-13-4-2-3-5-16(13)17-18-10-11-19(17)12-14-6-8-15(20)9-7-14/h2-11,20H,12H2,1H3. The molecule has 0 saturated carbocycles. The van der Waals surface area contributed by atoms with Crippen LogP contribution in [0.25, 0.3) is 11.4 Å². The smallest absolute Gasteiger partial charge is 0.140 e. The van der Waals surface area contributed by atoms with Gasteiger partial charge in [-0.25, -0.2) is 4.98 Å². The van der Waals surface area contributed by atoms with Crippen molar-refractivity contribution in [1.82, 2.24) is 9.55 Å². The predicted octanol–water partition coefficient (Wildman–Crippen LogP) is 3.61. The number of rotatable bonds is 3. The summed E-state index contributed by atoms with van der Waals surface area (Å²) in [7, 11) is 0. The summed E-state index contributed by atoms with van der Waals surface area (Å²) >= 11 is 0. The summed E-state index contributed by atoms with van der Waals surface area (Å²) in [6, 6.07) is 15.5. The van der Waals surface area contributed by atoms with E-state index in [0.29, 0.717) is 5.75 Å². The fourth-order valence-corrected chi connectivity index (χ4v) is 2.30. The average Bonchev–Trinajstić information content (AvgIpc) is 2.90. The number of aromatic nitrogens is 2. The molecule has 0 aliphatic heterocycles. The number of hydrogen-bond donors (Lipinski definition) is 1. The molecule has 2 aromatic carbocycles. The highest BCUT2D eigenvalue weighted by molar-refractivity contribution is 5.60. The molecule has 0 spiro atoms. The lowest BCUT2D eigenvalue weighted by atomic mass is 10.1. The third kappa shape index (κ3) is 2.43. The first kappa shape index (κ1) is 12.5. The van der Waals surface area contributed by atoms with Crippen LogP contribution in [0.5, 0.6) is 5.75 Å². The molecule has 3 heteroatoms. The van der Waals surface area contributed by atoms with E-state index in [2.05, 4.69) is 28.6 Å². The van der Waals surface area contributed by atoms with E-state index in [0.717, 1.165) is 23.5 Å². The predicted molar refractivity (Wildman–Crippen MR) is 79.6 cm³/mol. The van der Waals surface area contributed by atoms with Crippen LogP contribution in [0.4, 0.5) is 0 Å². The summed E-state index contributed by atoms with van der Waals surface area (Å²) in [4.78, 5) is 4.47. The van der Waals surface area contributed by atoms with Gasteiger partial charge in [0, 0.05) is 24.5 Å². The quantitative estimate of drug-likeness (QED) is 0.784. The van der Waals surface area contributed by atoms with Crippen LogP contribution in [0.1, 0.15) is 11.1 Å². The summed E-state index contributed by atoms with van der Waals surface area (Å²) in [5.41, 5.74) is 3.50. The molecule has 0 amide bonds. The SMILES string of the molecule is Cc1ccccc1-c1nccn1Cc1ccc(O)cc1. The van der Waals surface area contributed by atoms with Crippen LogP contribution in [0.3, 0.4) is 0 Å². The zero-order valence-electron chi connectivity index (χ0n) is 11.3. The van der Waals surface area contributed by atoms with Gasteiger partial charge in [-0.15, -0.1) is 0 Å². The van der Waals surface area contributed by atoms with E-state index in [-0.39, 0.29) is 0 Å². The van der Waals surface area contributed by atoms with Gasteiger partial charge in [-0.2, -0.15) is 0 Å². The van der Waals surface area contributed by atoms with Crippen molar-refractivity contribution in [2.75, 3.05) is 0 Å². The van der Waals surface area contributed by atoms with Gasteiger partial charge in [-0.1, -0.05) is 36.4 Å². The van der Waals surface area contributed by atoms with E-state index >= 15 is 0 Å². The Labute approximate surface area is 118 Å². The maximum absolute atomic E-state index is 9.33. The molecular weight excluding hydrogens is 248 g/mol. The number of imidazole rings is 1. The van der Waals surface area contributed by atoms with Crippen molar-refractivity contribution in [3.8, 4) is 17.1 Å². The molecule has 0 fully saturated rings. The Bertz CT molecular complexity index is 714. The number of benzene rings is 2. The Balaban J connectivity index is 1.95. The van der Waals surface area contributed by atoms with Crippen LogP contribution in [0, 0.1) is 6.92 Å². The number of hydrogen-bond acceptors (Lipinski definition) is 2. The summed E-state index contributed by atoms with van der Waals surface area (Å²) in [5.74, 6) is 1.26. The highest BCUT2D eigenvalue weighted by Crippen LogP contribution is 2.22. The Hall–Kier alpha value is -2.55. The van der Waals surface area contributed by atoms with Crippen LogP contribution in [0.15, 0.2) is 60.9 Å². The minimum atomic E-state index is 0.290. The third-order valence-electron chi connectivity index (χ3n) is 3.39. The van der Waals surface area contributed by atoms with E-state index < -0.39 is 0 Å². The van der Waals surface area contributed by atoms with E-state index in [4.69, 9.17) is 0 Å². The summed E-state index contributed by atoms with van der Waals surface area (Å²) < 4.78 is 2.12. The van der Waals surface area contributed by atoms with E-state index in [1.807, 2.05) is 36.7 Å². The molecule has 0 unspecified atom stereocenters. The summed E-state index contributed by atoms with van der Waals surface area (Å²) in [6.45, 7) is 2.83. The minimum Gasteiger partial charge on any atom is -0.508 e. The molecule has 0 bridgehead atoms.